The molecule has 0 spiro atoms. The number of amides is 1. The highest BCUT2D eigenvalue weighted by Gasteiger charge is 2.30. The van der Waals surface area contributed by atoms with E-state index in [0.717, 1.165) is 11.1 Å². The Balaban J connectivity index is 1.78. The molecule has 1 aromatic heterocycles. The minimum absolute atomic E-state index is 0.0785. The summed E-state index contributed by atoms with van der Waals surface area (Å²) in [4.78, 5) is 29.2. The van der Waals surface area contributed by atoms with E-state index in [4.69, 9.17) is 9.47 Å². The Hall–Kier alpha value is -3.94. The Morgan fingerprint density at radius 1 is 1.09 bits per heavy atom. The van der Waals surface area contributed by atoms with Crippen LogP contribution in [0.2, 0.25) is 0 Å². The molecule has 0 radical (unpaired) electrons. The first-order chi connectivity index (χ1) is 16.2. The van der Waals surface area contributed by atoms with E-state index in [9.17, 15) is 19.1 Å². The van der Waals surface area contributed by atoms with Crippen LogP contribution >= 0.6 is 0 Å². The Bertz CT molecular complexity index is 1170. The lowest BCUT2D eigenvalue weighted by Gasteiger charge is -2.27. The molecular weight excluding hydrogens is 439 g/mol. The monoisotopic (exact) mass is 466 g/mol. The lowest BCUT2D eigenvalue weighted by molar-refractivity contribution is -0.150. The van der Waals surface area contributed by atoms with Crippen molar-refractivity contribution >= 4 is 11.9 Å². The Kier molecular flexibility index (Phi) is 7.83. The first-order valence-corrected chi connectivity index (χ1v) is 10.8. The van der Waals surface area contributed by atoms with E-state index in [1.807, 2.05) is 30.3 Å². The lowest BCUT2D eigenvalue weighted by atomic mass is 9.86. The van der Waals surface area contributed by atoms with Crippen LogP contribution < -0.4 is 10.1 Å². The average Bonchev–Trinajstić information content (AvgIpc) is 2.81. The van der Waals surface area contributed by atoms with Crippen LogP contribution in [0.1, 0.15) is 46.9 Å². The van der Waals surface area contributed by atoms with Crippen LogP contribution in [0.25, 0.3) is 0 Å². The zero-order valence-electron chi connectivity index (χ0n) is 19.4. The van der Waals surface area contributed by atoms with Gasteiger partial charge in [-0.2, -0.15) is 0 Å². The number of nitrogens with one attached hydrogen (secondary N) is 1. The number of nitrogens with zero attached hydrogens (tertiary/aromatic N) is 1. The van der Waals surface area contributed by atoms with Gasteiger partial charge in [-0.25, -0.2) is 14.2 Å². The number of carbonyl (C=O) groups excluding carboxylic acids is 2. The van der Waals surface area contributed by atoms with Crippen molar-refractivity contribution < 1.29 is 28.6 Å². The first-order valence-electron chi connectivity index (χ1n) is 10.8. The predicted octanol–water partition coefficient (Wildman–Crippen LogP) is 4.13. The number of aryl methyl sites for hydroxylation is 1. The molecule has 3 rings (SSSR count). The van der Waals surface area contributed by atoms with Crippen LogP contribution in [0, 0.1) is 12.7 Å². The van der Waals surface area contributed by atoms with Crippen LogP contribution in [0.4, 0.5) is 4.39 Å². The molecule has 1 unspecified atom stereocenters. The summed E-state index contributed by atoms with van der Waals surface area (Å²) in [5, 5.41) is 12.6. The maximum absolute atomic E-state index is 14.9. The maximum Gasteiger partial charge on any atom is 0.328 e. The summed E-state index contributed by atoms with van der Waals surface area (Å²) in [6.07, 6.45) is 0.564. The summed E-state index contributed by atoms with van der Waals surface area (Å²) < 4.78 is 25.5. The molecule has 0 fully saturated rings. The number of benzene rings is 2. The summed E-state index contributed by atoms with van der Waals surface area (Å²) >= 11 is 0. The fourth-order valence-electron chi connectivity index (χ4n) is 3.69. The number of esters is 1. The molecular formula is C26H27FN2O5. The largest absolute Gasteiger partial charge is 0.503 e. The second kappa shape index (κ2) is 10.8. The molecule has 178 valence electrons. The van der Waals surface area contributed by atoms with Crippen molar-refractivity contribution in [1.82, 2.24) is 10.3 Å². The number of aromatic nitrogens is 1. The maximum atomic E-state index is 14.9. The summed E-state index contributed by atoms with van der Waals surface area (Å²) in [5.41, 5.74) is 1.69. The van der Waals surface area contributed by atoms with Gasteiger partial charge in [-0.3, -0.25) is 4.79 Å². The number of ether oxygens (including phenoxy) is 2. The third kappa shape index (κ3) is 5.51. The SMILES string of the molecule is COc1ccnc(C(=O)NC(C)C(=O)O[C@@H](C)[C@H](c2ccccc2)c2ccc(C)cc2F)c1O. The summed E-state index contributed by atoms with van der Waals surface area (Å²) in [6, 6.07) is 14.5. The molecule has 0 bridgehead atoms. The van der Waals surface area contributed by atoms with Crippen LogP contribution in [0.5, 0.6) is 11.5 Å². The van der Waals surface area contributed by atoms with Crippen molar-refractivity contribution in [2.75, 3.05) is 7.11 Å². The molecule has 2 aromatic carbocycles. The van der Waals surface area contributed by atoms with Crippen molar-refractivity contribution in [3.63, 3.8) is 0 Å². The van der Waals surface area contributed by atoms with E-state index < -0.39 is 41.5 Å². The third-order valence-electron chi connectivity index (χ3n) is 5.44. The number of halogens is 1. The van der Waals surface area contributed by atoms with Crippen molar-refractivity contribution in [1.29, 1.82) is 0 Å². The molecule has 1 amide bonds. The molecule has 0 aliphatic rings. The number of hydrogen-bond acceptors (Lipinski definition) is 6. The highest BCUT2D eigenvalue weighted by molar-refractivity contribution is 5.97. The van der Waals surface area contributed by atoms with Crippen LogP contribution in [0.15, 0.2) is 60.8 Å². The molecule has 1 heterocycles. The lowest BCUT2D eigenvalue weighted by Crippen LogP contribution is -2.41. The molecule has 7 nitrogen and oxygen atoms in total. The highest BCUT2D eigenvalue weighted by atomic mass is 19.1. The molecule has 8 heteroatoms. The molecule has 0 aliphatic carbocycles. The van der Waals surface area contributed by atoms with Crippen molar-refractivity contribution in [2.24, 2.45) is 0 Å². The molecule has 0 aliphatic heterocycles. The Labute approximate surface area is 197 Å². The van der Waals surface area contributed by atoms with E-state index in [1.54, 1.807) is 26.0 Å². The minimum Gasteiger partial charge on any atom is -0.503 e. The summed E-state index contributed by atoms with van der Waals surface area (Å²) in [6.45, 7) is 4.93. The fourth-order valence-corrected chi connectivity index (χ4v) is 3.69. The highest BCUT2D eigenvalue weighted by Crippen LogP contribution is 2.32. The van der Waals surface area contributed by atoms with E-state index >= 15 is 0 Å². The van der Waals surface area contributed by atoms with Gasteiger partial charge < -0.3 is 19.9 Å². The predicted molar refractivity (Wildman–Crippen MR) is 124 cm³/mol. The van der Waals surface area contributed by atoms with Gasteiger partial charge in [-0.1, -0.05) is 42.5 Å². The topological polar surface area (TPSA) is 97.8 Å². The van der Waals surface area contributed by atoms with Gasteiger partial charge in [0.2, 0.25) is 0 Å². The molecule has 3 atom stereocenters. The van der Waals surface area contributed by atoms with Gasteiger partial charge in [0.05, 0.1) is 7.11 Å². The average molecular weight is 467 g/mol. The van der Waals surface area contributed by atoms with E-state index in [2.05, 4.69) is 10.3 Å². The number of rotatable bonds is 8. The Morgan fingerprint density at radius 3 is 2.44 bits per heavy atom. The molecule has 0 saturated carbocycles. The smallest absolute Gasteiger partial charge is 0.328 e. The van der Waals surface area contributed by atoms with Crippen molar-refractivity contribution in [3.05, 3.63) is 89.0 Å². The number of methoxy groups -OCH3 is 1. The number of pyridine rings is 1. The second-order valence-corrected chi connectivity index (χ2v) is 7.96. The standard InChI is InChI=1S/C26H27FN2O5/c1-15-10-11-19(20(27)14-15)22(18-8-6-5-7-9-18)17(3)34-26(32)16(2)29-25(31)23-24(30)21(33-4)12-13-28-23/h5-14,16-17,22,30H,1-4H3,(H,29,31)/t16?,17-,22+/m0/s1. The van der Waals surface area contributed by atoms with Crippen LogP contribution in [-0.2, 0) is 9.53 Å². The molecule has 3 aromatic rings. The summed E-state index contributed by atoms with van der Waals surface area (Å²) in [5.74, 6) is -2.78. The zero-order chi connectivity index (χ0) is 24.8. The van der Waals surface area contributed by atoms with E-state index in [1.165, 1.54) is 32.4 Å². The van der Waals surface area contributed by atoms with Crippen molar-refractivity contribution in [3.8, 4) is 11.5 Å². The van der Waals surface area contributed by atoms with E-state index in [-0.39, 0.29) is 11.4 Å². The zero-order valence-corrected chi connectivity index (χ0v) is 19.4. The fraction of sp³-hybridized carbons (Fsp3) is 0.269. The number of carbonyl (C=O) groups is 2. The van der Waals surface area contributed by atoms with Crippen molar-refractivity contribution in [2.45, 2.75) is 38.8 Å². The number of aromatic hydroxyl groups is 1. The van der Waals surface area contributed by atoms with Gasteiger partial charge in [0.25, 0.3) is 5.91 Å². The Morgan fingerprint density at radius 2 is 1.79 bits per heavy atom. The summed E-state index contributed by atoms with van der Waals surface area (Å²) in [7, 11) is 1.35. The third-order valence-corrected chi connectivity index (χ3v) is 5.44. The number of hydrogen-bond donors (Lipinski definition) is 2. The van der Waals surface area contributed by atoms with E-state index in [0.29, 0.717) is 5.56 Å². The van der Waals surface area contributed by atoms with Gasteiger partial charge >= 0.3 is 5.97 Å². The normalized spacial score (nSPS) is 13.4. The molecule has 34 heavy (non-hydrogen) atoms. The minimum atomic E-state index is -1.05. The van der Waals surface area contributed by atoms with Crippen LogP contribution in [0.3, 0.4) is 0 Å². The van der Waals surface area contributed by atoms with Gasteiger partial charge in [0.1, 0.15) is 18.0 Å². The van der Waals surface area contributed by atoms with Gasteiger partial charge in [0.15, 0.2) is 17.2 Å². The molecule has 0 saturated heterocycles. The second-order valence-electron chi connectivity index (χ2n) is 7.96. The van der Waals surface area contributed by atoms with Gasteiger partial charge in [-0.15, -0.1) is 0 Å². The quantitative estimate of drug-likeness (QED) is 0.485. The van der Waals surface area contributed by atoms with Gasteiger partial charge in [-0.05, 0) is 43.5 Å². The van der Waals surface area contributed by atoms with Gasteiger partial charge in [0, 0.05) is 18.2 Å². The first kappa shape index (κ1) is 24.7. The molecule has 2 N–H and O–H groups in total. The van der Waals surface area contributed by atoms with Crippen LogP contribution in [-0.4, -0.2) is 41.2 Å².